The number of hydrogen-bond acceptors (Lipinski definition) is 4. The van der Waals surface area contributed by atoms with Crippen LogP contribution < -0.4 is 9.64 Å². The van der Waals surface area contributed by atoms with Crippen LogP contribution in [0, 0.1) is 0 Å². The molecule has 0 amide bonds. The van der Waals surface area contributed by atoms with Crippen molar-refractivity contribution in [1.82, 2.24) is 0 Å². The van der Waals surface area contributed by atoms with E-state index in [0.717, 1.165) is 17.1 Å². The van der Waals surface area contributed by atoms with Gasteiger partial charge in [0.1, 0.15) is 5.75 Å². The first-order valence-corrected chi connectivity index (χ1v) is 10.2. The summed E-state index contributed by atoms with van der Waals surface area (Å²) in [5.74, 6) is 0.718. The summed E-state index contributed by atoms with van der Waals surface area (Å²) in [5, 5.41) is 0. The smallest absolute Gasteiger partial charge is 0.337 e. The lowest BCUT2D eigenvalue weighted by Crippen LogP contribution is -2.27. The maximum atomic E-state index is 11.8. The van der Waals surface area contributed by atoms with Crippen molar-refractivity contribution >= 4 is 17.3 Å². The first-order chi connectivity index (χ1) is 13.5. The topological polar surface area (TPSA) is 38.8 Å². The van der Waals surface area contributed by atoms with Crippen LogP contribution in [0.3, 0.4) is 0 Å². The number of anilines is 2. The molecule has 0 saturated heterocycles. The van der Waals surface area contributed by atoms with Gasteiger partial charge in [0, 0.05) is 34.0 Å². The normalized spacial score (nSPS) is 15.1. The molecule has 29 heavy (non-hydrogen) atoms. The third kappa shape index (κ3) is 3.98. The second-order valence-electron chi connectivity index (χ2n) is 9.79. The van der Waals surface area contributed by atoms with Crippen molar-refractivity contribution in [2.45, 2.75) is 65.3 Å². The molecule has 0 unspecified atom stereocenters. The number of carbonyl (C=O) groups is 1. The van der Waals surface area contributed by atoms with E-state index in [0.29, 0.717) is 12.2 Å². The van der Waals surface area contributed by atoms with Crippen LogP contribution in [0.2, 0.25) is 0 Å². The fraction of sp³-hybridized carbons (Fsp3) is 0.480. The van der Waals surface area contributed by atoms with Crippen molar-refractivity contribution in [1.29, 1.82) is 0 Å². The molecule has 0 aromatic heterocycles. The minimum Gasteiger partial charge on any atom is -0.492 e. The Morgan fingerprint density at radius 3 is 2.24 bits per heavy atom. The van der Waals surface area contributed by atoms with Crippen LogP contribution in [0.25, 0.3) is 0 Å². The molecule has 0 fully saturated rings. The molecule has 0 aliphatic carbocycles. The van der Waals surface area contributed by atoms with Crippen molar-refractivity contribution in [3.8, 4) is 5.75 Å². The van der Waals surface area contributed by atoms with Gasteiger partial charge in [-0.05, 0) is 55.7 Å². The molecule has 1 heterocycles. The van der Waals surface area contributed by atoms with Gasteiger partial charge in [-0.25, -0.2) is 4.79 Å². The lowest BCUT2D eigenvalue weighted by molar-refractivity contribution is 0.0601. The molecule has 0 saturated carbocycles. The molecular formula is C25H33NO3. The second kappa shape index (κ2) is 7.40. The van der Waals surface area contributed by atoms with Crippen molar-refractivity contribution in [2.75, 3.05) is 18.6 Å². The minimum absolute atomic E-state index is 0.0251. The maximum Gasteiger partial charge on any atom is 0.337 e. The summed E-state index contributed by atoms with van der Waals surface area (Å²) in [6.45, 7) is 16.2. The maximum absolute atomic E-state index is 11.8. The molecule has 4 heteroatoms. The van der Waals surface area contributed by atoms with E-state index in [-0.39, 0.29) is 22.8 Å². The number of nitrogens with zero attached hydrogens (tertiary/aromatic N) is 1. The van der Waals surface area contributed by atoms with Crippen LogP contribution >= 0.6 is 0 Å². The van der Waals surface area contributed by atoms with Crippen LogP contribution in [0.1, 0.15) is 70.0 Å². The van der Waals surface area contributed by atoms with E-state index in [1.807, 2.05) is 24.3 Å². The number of esters is 1. The highest BCUT2D eigenvalue weighted by Gasteiger charge is 2.37. The number of ether oxygens (including phenoxy) is 2. The van der Waals surface area contributed by atoms with Crippen LogP contribution in [-0.2, 0) is 15.6 Å². The standard InChI is InChI=1S/C25H33NO3/c1-16(2)26(18-11-9-17(10-12-18)23(27)28-8)19-13-20(24(3,4)5)22-21(14-19)25(6,7)15-29-22/h9-14,16H,15H2,1-8H3. The van der Waals surface area contributed by atoms with E-state index >= 15 is 0 Å². The summed E-state index contributed by atoms with van der Waals surface area (Å²) in [6.07, 6.45) is 0. The molecule has 4 nitrogen and oxygen atoms in total. The number of rotatable bonds is 4. The molecule has 156 valence electrons. The SMILES string of the molecule is COC(=O)c1ccc(N(c2cc(C(C)(C)C)c3c(c2)C(C)(C)CO3)C(C)C)cc1. The molecule has 0 bridgehead atoms. The number of carbonyl (C=O) groups excluding carboxylic acids is 1. The van der Waals surface area contributed by atoms with Crippen molar-refractivity contribution in [3.63, 3.8) is 0 Å². The third-order valence-corrected chi connectivity index (χ3v) is 5.55. The van der Waals surface area contributed by atoms with Crippen molar-refractivity contribution in [2.24, 2.45) is 0 Å². The van der Waals surface area contributed by atoms with E-state index in [2.05, 4.69) is 65.5 Å². The average Bonchev–Trinajstić information content (AvgIpc) is 2.95. The first-order valence-electron chi connectivity index (χ1n) is 10.2. The van der Waals surface area contributed by atoms with Crippen LogP contribution in [-0.4, -0.2) is 25.7 Å². The van der Waals surface area contributed by atoms with E-state index in [1.54, 1.807) is 0 Å². The fourth-order valence-electron chi connectivity index (χ4n) is 3.92. The highest BCUT2D eigenvalue weighted by Crippen LogP contribution is 2.47. The molecule has 0 spiro atoms. The number of benzene rings is 2. The molecule has 0 atom stereocenters. The number of fused-ring (bicyclic) bond motifs is 1. The Morgan fingerprint density at radius 1 is 1.10 bits per heavy atom. The van der Waals surface area contributed by atoms with Crippen LogP contribution in [0.5, 0.6) is 5.75 Å². The lowest BCUT2D eigenvalue weighted by atomic mass is 9.80. The molecule has 1 aliphatic rings. The van der Waals surface area contributed by atoms with Crippen LogP contribution in [0.4, 0.5) is 11.4 Å². The van der Waals surface area contributed by atoms with Crippen molar-refractivity contribution in [3.05, 3.63) is 53.1 Å². The summed E-state index contributed by atoms with van der Waals surface area (Å²) >= 11 is 0. The largest absolute Gasteiger partial charge is 0.492 e. The van der Waals surface area contributed by atoms with Crippen LogP contribution in [0.15, 0.2) is 36.4 Å². The zero-order valence-electron chi connectivity index (χ0n) is 18.9. The molecule has 2 aromatic rings. The van der Waals surface area contributed by atoms with Gasteiger partial charge in [-0.15, -0.1) is 0 Å². The summed E-state index contributed by atoms with van der Waals surface area (Å²) in [5.41, 5.74) is 5.18. The Morgan fingerprint density at radius 2 is 1.72 bits per heavy atom. The van der Waals surface area contributed by atoms with Gasteiger partial charge in [-0.1, -0.05) is 34.6 Å². The van der Waals surface area contributed by atoms with E-state index in [1.165, 1.54) is 18.2 Å². The van der Waals surface area contributed by atoms with Gasteiger partial charge in [-0.2, -0.15) is 0 Å². The lowest BCUT2D eigenvalue weighted by Gasteiger charge is -2.32. The van der Waals surface area contributed by atoms with Gasteiger partial charge in [0.15, 0.2) is 0 Å². The quantitative estimate of drug-likeness (QED) is 0.596. The van der Waals surface area contributed by atoms with Gasteiger partial charge in [0.25, 0.3) is 0 Å². The Balaban J connectivity index is 2.15. The highest BCUT2D eigenvalue weighted by atomic mass is 16.5. The Kier molecular flexibility index (Phi) is 5.42. The van der Waals surface area contributed by atoms with Gasteiger partial charge in [0.05, 0.1) is 19.3 Å². The van der Waals surface area contributed by atoms with Gasteiger partial charge < -0.3 is 14.4 Å². The summed E-state index contributed by atoms with van der Waals surface area (Å²) < 4.78 is 11.0. The first kappa shape index (κ1) is 21.2. The van der Waals surface area contributed by atoms with E-state index in [4.69, 9.17) is 9.47 Å². The average molecular weight is 396 g/mol. The highest BCUT2D eigenvalue weighted by molar-refractivity contribution is 5.90. The van der Waals surface area contributed by atoms with E-state index in [9.17, 15) is 4.79 Å². The zero-order valence-corrected chi connectivity index (χ0v) is 18.9. The van der Waals surface area contributed by atoms with Gasteiger partial charge in [-0.3, -0.25) is 0 Å². The predicted octanol–water partition coefficient (Wildman–Crippen LogP) is 5.99. The second-order valence-corrected chi connectivity index (χ2v) is 9.79. The molecule has 0 radical (unpaired) electrons. The molecule has 2 aromatic carbocycles. The van der Waals surface area contributed by atoms with Gasteiger partial charge >= 0.3 is 5.97 Å². The van der Waals surface area contributed by atoms with E-state index < -0.39 is 0 Å². The predicted molar refractivity (Wildman–Crippen MR) is 119 cm³/mol. The monoisotopic (exact) mass is 395 g/mol. The summed E-state index contributed by atoms with van der Waals surface area (Å²) in [7, 11) is 1.40. The Labute approximate surface area is 174 Å². The molecule has 3 rings (SSSR count). The van der Waals surface area contributed by atoms with Crippen molar-refractivity contribution < 1.29 is 14.3 Å². The number of methoxy groups -OCH3 is 1. The summed E-state index contributed by atoms with van der Waals surface area (Å²) in [6, 6.07) is 12.4. The summed E-state index contributed by atoms with van der Waals surface area (Å²) in [4.78, 5) is 14.1. The fourth-order valence-corrected chi connectivity index (χ4v) is 3.92. The number of hydrogen-bond donors (Lipinski definition) is 0. The minimum atomic E-state index is -0.320. The molecular weight excluding hydrogens is 362 g/mol. The third-order valence-electron chi connectivity index (χ3n) is 5.55. The zero-order chi connectivity index (χ0) is 21.6. The van der Waals surface area contributed by atoms with Gasteiger partial charge in [0.2, 0.25) is 0 Å². The molecule has 1 aliphatic heterocycles. The molecule has 0 N–H and O–H groups in total. The Hall–Kier alpha value is -2.49. The Bertz CT molecular complexity index is 905.